The molecule has 308 valence electrons. The van der Waals surface area contributed by atoms with Gasteiger partial charge in [0.2, 0.25) is 0 Å². The number of phosphoric acid groups is 1. The lowest BCUT2D eigenvalue weighted by atomic mass is 9.85. The summed E-state index contributed by atoms with van der Waals surface area (Å²) in [5.41, 5.74) is 0. The quantitative estimate of drug-likeness (QED) is 0.0167. The zero-order chi connectivity index (χ0) is 38.5. The van der Waals surface area contributed by atoms with E-state index < -0.39 is 63.1 Å². The molecule has 6 unspecified atom stereocenters. The molecule has 0 spiro atoms. The molecule has 0 aromatic carbocycles. The smallest absolute Gasteiger partial charge is 0.457 e. The molecule has 0 radical (unpaired) electrons. The van der Waals surface area contributed by atoms with Crippen LogP contribution in [0.2, 0.25) is 0 Å². The van der Waals surface area contributed by atoms with Crippen molar-refractivity contribution in [1.29, 1.82) is 0 Å². The van der Waals surface area contributed by atoms with E-state index in [4.69, 9.17) is 18.5 Å². The third-order valence-corrected chi connectivity index (χ3v) is 10.6. The Bertz CT molecular complexity index is 921. The van der Waals surface area contributed by atoms with Gasteiger partial charge in [-0.15, -0.1) is 0 Å². The molecule has 6 atom stereocenters. The molecule has 1 aliphatic carbocycles. The van der Waals surface area contributed by atoms with E-state index >= 15 is 0 Å². The molecular formula is C39H75O12P. The van der Waals surface area contributed by atoms with E-state index in [1.165, 1.54) is 89.9 Å². The molecule has 1 fully saturated rings. The van der Waals surface area contributed by atoms with Crippen LogP contribution in [0.25, 0.3) is 0 Å². The third-order valence-electron chi connectivity index (χ3n) is 9.64. The first kappa shape index (κ1) is 49.1. The number of hydrogen-bond acceptors (Lipinski definition) is 11. The van der Waals surface area contributed by atoms with Crippen LogP contribution in [0.15, 0.2) is 12.2 Å². The Morgan fingerprint density at radius 3 is 1.52 bits per heavy atom. The number of hydrogen-bond donors (Lipinski definition) is 6. The number of rotatable bonds is 34. The number of phosphoric ester groups is 1. The van der Waals surface area contributed by atoms with Crippen LogP contribution in [0.4, 0.5) is 0 Å². The predicted octanol–water partition coefficient (Wildman–Crippen LogP) is 7.19. The third kappa shape index (κ3) is 23.8. The van der Waals surface area contributed by atoms with Gasteiger partial charge in [-0.1, -0.05) is 135 Å². The molecule has 52 heavy (non-hydrogen) atoms. The number of aliphatic hydroxyl groups excluding tert-OH is 5. The fraction of sp³-hybridized carbons (Fsp3) is 0.923. The molecule has 0 aliphatic heterocycles. The van der Waals surface area contributed by atoms with Gasteiger partial charge in [0.05, 0.1) is 13.2 Å². The van der Waals surface area contributed by atoms with Gasteiger partial charge in [-0.3, -0.25) is 13.8 Å². The van der Waals surface area contributed by atoms with Gasteiger partial charge in [-0.05, 0) is 38.5 Å². The maximum atomic E-state index is 12.7. The van der Waals surface area contributed by atoms with Crippen LogP contribution in [0.3, 0.4) is 0 Å². The highest BCUT2D eigenvalue weighted by Crippen LogP contribution is 2.47. The second-order valence-corrected chi connectivity index (χ2v) is 15.9. The number of esters is 1. The topological polar surface area (TPSA) is 192 Å². The molecule has 13 heteroatoms. The molecule has 0 saturated heterocycles. The highest BCUT2D eigenvalue weighted by Gasteiger charge is 2.51. The van der Waals surface area contributed by atoms with Crippen LogP contribution in [-0.2, 0) is 27.9 Å². The van der Waals surface area contributed by atoms with Gasteiger partial charge in [0.25, 0.3) is 0 Å². The molecule has 1 aliphatic rings. The highest BCUT2D eigenvalue weighted by atomic mass is 31.2. The van der Waals surface area contributed by atoms with Crippen LogP contribution in [0.5, 0.6) is 0 Å². The summed E-state index contributed by atoms with van der Waals surface area (Å²) in [5, 5.41) is 49.9. The predicted molar refractivity (Wildman–Crippen MR) is 203 cm³/mol. The Morgan fingerprint density at radius 2 is 1.02 bits per heavy atom. The Kier molecular flexibility index (Phi) is 29.6. The average Bonchev–Trinajstić information content (AvgIpc) is 3.12. The van der Waals surface area contributed by atoms with Crippen molar-refractivity contribution in [3.05, 3.63) is 12.2 Å². The summed E-state index contributed by atoms with van der Waals surface area (Å²) in [6, 6.07) is 0. The maximum absolute atomic E-state index is 12.7. The van der Waals surface area contributed by atoms with Crippen molar-refractivity contribution in [3.8, 4) is 0 Å². The minimum absolute atomic E-state index is 0.0767. The van der Waals surface area contributed by atoms with Crippen LogP contribution in [-0.4, -0.2) is 98.9 Å². The number of aliphatic hydroxyl groups is 5. The van der Waals surface area contributed by atoms with Crippen molar-refractivity contribution in [3.63, 3.8) is 0 Å². The van der Waals surface area contributed by atoms with Gasteiger partial charge in [-0.25, -0.2) is 4.57 Å². The molecule has 1 saturated carbocycles. The first-order valence-corrected chi connectivity index (χ1v) is 22.0. The number of allylic oxidation sites excluding steroid dienone is 2. The minimum Gasteiger partial charge on any atom is -0.457 e. The average molecular weight is 767 g/mol. The van der Waals surface area contributed by atoms with Crippen molar-refractivity contribution in [2.24, 2.45) is 0 Å². The maximum Gasteiger partial charge on any atom is 0.472 e. The second-order valence-electron chi connectivity index (χ2n) is 14.5. The van der Waals surface area contributed by atoms with Crippen molar-refractivity contribution in [2.45, 2.75) is 211 Å². The van der Waals surface area contributed by atoms with Crippen molar-refractivity contribution in [1.82, 2.24) is 0 Å². The highest BCUT2D eigenvalue weighted by molar-refractivity contribution is 7.47. The normalized spacial score (nSPS) is 23.9. The summed E-state index contributed by atoms with van der Waals surface area (Å²) in [7, 11) is -5.00. The van der Waals surface area contributed by atoms with Crippen molar-refractivity contribution < 1.29 is 58.3 Å². The Hall–Kier alpha value is -0.920. The molecule has 1 rings (SSSR count). The second kappa shape index (κ2) is 31.3. The molecule has 0 heterocycles. The van der Waals surface area contributed by atoms with Gasteiger partial charge >= 0.3 is 13.8 Å². The number of unbranched alkanes of at least 4 members (excludes halogenated alkanes) is 20. The van der Waals surface area contributed by atoms with Crippen molar-refractivity contribution in [2.75, 3.05) is 19.8 Å². The van der Waals surface area contributed by atoms with Gasteiger partial charge in [0, 0.05) is 13.0 Å². The van der Waals surface area contributed by atoms with Crippen LogP contribution in [0.1, 0.15) is 168 Å². The zero-order valence-electron chi connectivity index (χ0n) is 32.4. The van der Waals surface area contributed by atoms with Gasteiger partial charge in [0.1, 0.15) is 42.7 Å². The van der Waals surface area contributed by atoms with E-state index in [0.29, 0.717) is 13.0 Å². The van der Waals surface area contributed by atoms with E-state index in [-0.39, 0.29) is 13.0 Å². The molecule has 0 bridgehead atoms. The first-order valence-electron chi connectivity index (χ1n) is 20.5. The summed E-state index contributed by atoms with van der Waals surface area (Å²) < 4.78 is 33.9. The van der Waals surface area contributed by atoms with Gasteiger partial charge in [-0.2, -0.15) is 0 Å². The lowest BCUT2D eigenvalue weighted by molar-refractivity contribution is -0.220. The van der Waals surface area contributed by atoms with E-state index in [1.54, 1.807) is 0 Å². The fourth-order valence-electron chi connectivity index (χ4n) is 6.29. The Labute approximate surface area is 314 Å². The van der Waals surface area contributed by atoms with Crippen LogP contribution >= 0.6 is 7.82 Å². The summed E-state index contributed by atoms with van der Waals surface area (Å²) in [6.45, 7) is 4.19. The standard InChI is InChI=1S/C39H75O12P/c1-3-5-7-9-11-13-14-15-16-17-18-19-20-21-23-25-27-29-48-30-32(50-33(40)28-26-24-22-12-10-8-6-4-2)31-49-52(46,47)51-39-37(44)35(42)34(41)36(43)38(39)45/h16-17,32,34-39,41-45H,3-15,18-31H2,1-2H3,(H,46,47)/b17-16-. The summed E-state index contributed by atoms with van der Waals surface area (Å²) in [5.74, 6) is -0.483. The lowest BCUT2D eigenvalue weighted by Crippen LogP contribution is -2.64. The first-order chi connectivity index (χ1) is 25.0. The summed E-state index contributed by atoms with van der Waals surface area (Å²) >= 11 is 0. The Balaban J connectivity index is 2.40. The van der Waals surface area contributed by atoms with Gasteiger partial charge < -0.3 is 39.9 Å². The molecule has 0 amide bonds. The lowest BCUT2D eigenvalue weighted by Gasteiger charge is -2.41. The monoisotopic (exact) mass is 766 g/mol. The molecule has 6 N–H and O–H groups in total. The zero-order valence-corrected chi connectivity index (χ0v) is 33.3. The van der Waals surface area contributed by atoms with Crippen LogP contribution in [0, 0.1) is 0 Å². The van der Waals surface area contributed by atoms with E-state index in [2.05, 4.69) is 26.0 Å². The molecule has 0 aromatic rings. The van der Waals surface area contributed by atoms with Gasteiger partial charge in [0.15, 0.2) is 0 Å². The fourth-order valence-corrected chi connectivity index (χ4v) is 7.26. The minimum atomic E-state index is -5.00. The van der Waals surface area contributed by atoms with E-state index in [1.807, 2.05) is 0 Å². The number of carbonyl (C=O) groups is 1. The number of ether oxygens (including phenoxy) is 2. The van der Waals surface area contributed by atoms with E-state index in [9.17, 15) is 39.8 Å². The molecular weight excluding hydrogens is 691 g/mol. The largest absolute Gasteiger partial charge is 0.472 e. The molecule has 12 nitrogen and oxygen atoms in total. The van der Waals surface area contributed by atoms with Crippen LogP contribution < -0.4 is 0 Å². The summed E-state index contributed by atoms with van der Waals surface area (Å²) in [4.78, 5) is 22.9. The SMILES string of the molecule is CCCCCCCCC/C=C\CCCCCCCCOCC(COP(=O)(O)OC1C(O)C(O)C(O)C(O)C1O)OC(=O)CCCCCCCCCC. The van der Waals surface area contributed by atoms with Crippen molar-refractivity contribution >= 4 is 13.8 Å². The Morgan fingerprint density at radius 1 is 0.596 bits per heavy atom. The number of carbonyl (C=O) groups excluding carboxylic acids is 1. The molecule has 0 aromatic heterocycles. The van der Waals surface area contributed by atoms with E-state index in [0.717, 1.165) is 51.4 Å². The summed E-state index contributed by atoms with van der Waals surface area (Å²) in [6.07, 6.45) is 18.8.